The van der Waals surface area contributed by atoms with E-state index < -0.39 is 0 Å². The number of hydrogen-bond donors (Lipinski definition) is 0. The van der Waals surface area contributed by atoms with Crippen LogP contribution >= 0.6 is 0 Å². The largest absolute Gasteiger partial charge is 0.0996 e. The normalized spacial score (nSPS) is 49.4. The molecule has 3 aliphatic carbocycles. The molecule has 3 rings (SSSR count). The van der Waals surface area contributed by atoms with Crippen molar-refractivity contribution in [1.29, 1.82) is 0 Å². The summed E-state index contributed by atoms with van der Waals surface area (Å²) < 4.78 is 0. The van der Waals surface area contributed by atoms with E-state index in [2.05, 4.69) is 20.4 Å². The molecule has 0 aromatic heterocycles. The lowest BCUT2D eigenvalue weighted by atomic mass is 9.82. The molecule has 0 unspecified atom stereocenters. The molecule has 0 nitrogen and oxygen atoms in total. The highest BCUT2D eigenvalue weighted by atomic mass is 14.6. The molecular weight excluding hydrogens is 168 g/mol. The molecule has 0 heterocycles. The molecule has 0 heteroatoms. The molecule has 14 heavy (non-hydrogen) atoms. The minimum atomic E-state index is 0.628. The van der Waals surface area contributed by atoms with Gasteiger partial charge in [0.15, 0.2) is 0 Å². The molecule has 0 amide bonds. The number of hydrogen-bond acceptors (Lipinski definition) is 0. The minimum absolute atomic E-state index is 0.628. The molecule has 0 N–H and O–H groups in total. The van der Waals surface area contributed by atoms with Gasteiger partial charge in [0.1, 0.15) is 0 Å². The highest BCUT2D eigenvalue weighted by Gasteiger charge is 2.52. The van der Waals surface area contributed by atoms with E-state index in [0.29, 0.717) is 5.41 Å². The molecule has 78 valence electrons. The molecule has 4 atom stereocenters. The first kappa shape index (κ1) is 9.00. The van der Waals surface area contributed by atoms with Crippen LogP contribution in [-0.2, 0) is 0 Å². The monoisotopic (exact) mass is 190 g/mol. The van der Waals surface area contributed by atoms with E-state index in [-0.39, 0.29) is 0 Å². The summed E-state index contributed by atoms with van der Waals surface area (Å²) in [7, 11) is 0. The molecule has 0 saturated heterocycles. The summed E-state index contributed by atoms with van der Waals surface area (Å²) in [5.74, 6) is 4.04. The third kappa shape index (κ3) is 1.12. The highest BCUT2D eigenvalue weighted by Crippen LogP contribution is 2.62. The average Bonchev–Trinajstić information content (AvgIpc) is 2.61. The van der Waals surface area contributed by atoms with Crippen molar-refractivity contribution in [2.24, 2.45) is 29.1 Å². The van der Waals surface area contributed by atoms with Gasteiger partial charge in [-0.05, 0) is 61.2 Å². The average molecular weight is 190 g/mol. The van der Waals surface area contributed by atoms with Gasteiger partial charge < -0.3 is 0 Å². The van der Waals surface area contributed by atoms with Crippen LogP contribution in [0.2, 0.25) is 0 Å². The van der Waals surface area contributed by atoms with Crippen LogP contribution in [0.25, 0.3) is 0 Å². The molecule has 3 saturated carbocycles. The standard InChI is InChI=1S/C14H22/c1-9-4-5-10-6-11-7-14(2,3)8-12(11)13(9)10/h10-13H,1,4-8H2,2-3H3/t10-,11+,12-,13-/m1/s1. The molecule has 3 aliphatic rings. The van der Waals surface area contributed by atoms with Crippen LogP contribution in [0, 0.1) is 29.1 Å². The van der Waals surface area contributed by atoms with Crippen molar-refractivity contribution >= 4 is 0 Å². The summed E-state index contributed by atoms with van der Waals surface area (Å²) in [5.41, 5.74) is 2.23. The first-order valence-electron chi connectivity index (χ1n) is 6.24. The smallest absolute Gasteiger partial charge is 0.0146 e. The molecule has 0 aromatic carbocycles. The summed E-state index contributed by atoms with van der Waals surface area (Å²) in [4.78, 5) is 0. The highest BCUT2D eigenvalue weighted by molar-refractivity contribution is 5.17. The van der Waals surface area contributed by atoms with Crippen LogP contribution in [-0.4, -0.2) is 0 Å². The Morgan fingerprint density at radius 2 is 2.00 bits per heavy atom. The molecule has 0 aromatic rings. The number of rotatable bonds is 0. The first-order valence-corrected chi connectivity index (χ1v) is 6.24. The van der Waals surface area contributed by atoms with Crippen molar-refractivity contribution in [2.45, 2.75) is 46.0 Å². The second kappa shape index (κ2) is 2.65. The summed E-state index contributed by atoms with van der Waals surface area (Å²) in [6.07, 6.45) is 7.27. The van der Waals surface area contributed by atoms with E-state index in [4.69, 9.17) is 0 Å². The van der Waals surface area contributed by atoms with Crippen LogP contribution in [0.5, 0.6) is 0 Å². The molecule has 0 aliphatic heterocycles. The van der Waals surface area contributed by atoms with Gasteiger partial charge in [-0.15, -0.1) is 0 Å². The molecule has 0 radical (unpaired) electrons. The quantitative estimate of drug-likeness (QED) is 0.506. The predicted octanol–water partition coefficient (Wildman–Crippen LogP) is 4.02. The fraction of sp³-hybridized carbons (Fsp3) is 0.857. The van der Waals surface area contributed by atoms with Gasteiger partial charge in [0, 0.05) is 0 Å². The Labute approximate surface area is 87.8 Å². The van der Waals surface area contributed by atoms with Crippen molar-refractivity contribution in [1.82, 2.24) is 0 Å². The second-order valence-electron chi connectivity index (χ2n) is 6.71. The fourth-order valence-electron chi connectivity index (χ4n) is 4.78. The predicted molar refractivity (Wildman–Crippen MR) is 60.0 cm³/mol. The molecule has 3 fully saturated rings. The molecule has 0 bridgehead atoms. The van der Waals surface area contributed by atoms with Gasteiger partial charge in [-0.2, -0.15) is 0 Å². The lowest BCUT2D eigenvalue weighted by Crippen LogP contribution is -2.14. The van der Waals surface area contributed by atoms with E-state index in [1.807, 2.05) is 0 Å². The van der Waals surface area contributed by atoms with Crippen molar-refractivity contribution in [3.8, 4) is 0 Å². The zero-order chi connectivity index (χ0) is 9.92. The van der Waals surface area contributed by atoms with Gasteiger partial charge in [0.05, 0.1) is 0 Å². The maximum absolute atomic E-state index is 4.31. The molecular formula is C14H22. The van der Waals surface area contributed by atoms with Gasteiger partial charge in [-0.25, -0.2) is 0 Å². The number of fused-ring (bicyclic) bond motifs is 3. The Kier molecular flexibility index (Phi) is 1.70. The lowest BCUT2D eigenvalue weighted by Gasteiger charge is -2.22. The van der Waals surface area contributed by atoms with Gasteiger partial charge in [0.2, 0.25) is 0 Å². The zero-order valence-electron chi connectivity index (χ0n) is 9.55. The van der Waals surface area contributed by atoms with E-state index in [0.717, 1.165) is 23.7 Å². The van der Waals surface area contributed by atoms with Crippen LogP contribution in [0.1, 0.15) is 46.0 Å². The second-order valence-corrected chi connectivity index (χ2v) is 6.71. The van der Waals surface area contributed by atoms with E-state index in [1.54, 1.807) is 5.57 Å². The van der Waals surface area contributed by atoms with Gasteiger partial charge in [0.25, 0.3) is 0 Å². The topological polar surface area (TPSA) is 0 Å². The van der Waals surface area contributed by atoms with Crippen LogP contribution in [0.15, 0.2) is 12.2 Å². The SMILES string of the molecule is C=C1CC[C@@H]2C[C@H]3CC(C)(C)C[C@H]3[C@H]12. The number of allylic oxidation sites excluding steroid dienone is 1. The Balaban J connectivity index is 1.86. The summed E-state index contributed by atoms with van der Waals surface area (Å²) in [6, 6.07) is 0. The van der Waals surface area contributed by atoms with Crippen molar-refractivity contribution in [3.05, 3.63) is 12.2 Å². The third-order valence-electron chi connectivity index (χ3n) is 5.09. The minimum Gasteiger partial charge on any atom is -0.0996 e. The Hall–Kier alpha value is -0.260. The maximum Gasteiger partial charge on any atom is -0.0146 e. The summed E-state index contributed by atoms with van der Waals surface area (Å²) in [6.45, 7) is 9.22. The van der Waals surface area contributed by atoms with Crippen LogP contribution < -0.4 is 0 Å². The van der Waals surface area contributed by atoms with Crippen LogP contribution in [0.3, 0.4) is 0 Å². The Morgan fingerprint density at radius 1 is 1.21 bits per heavy atom. The van der Waals surface area contributed by atoms with Crippen molar-refractivity contribution in [2.75, 3.05) is 0 Å². The van der Waals surface area contributed by atoms with Crippen molar-refractivity contribution in [3.63, 3.8) is 0 Å². The Bertz CT molecular complexity index is 274. The van der Waals surface area contributed by atoms with Crippen molar-refractivity contribution < 1.29 is 0 Å². The van der Waals surface area contributed by atoms with E-state index in [1.165, 1.54) is 32.1 Å². The van der Waals surface area contributed by atoms with Gasteiger partial charge in [-0.1, -0.05) is 26.0 Å². The zero-order valence-corrected chi connectivity index (χ0v) is 9.55. The maximum atomic E-state index is 4.31. The fourth-order valence-corrected chi connectivity index (χ4v) is 4.78. The van der Waals surface area contributed by atoms with Gasteiger partial charge in [-0.3, -0.25) is 0 Å². The first-order chi connectivity index (χ1) is 6.57. The molecule has 0 spiro atoms. The lowest BCUT2D eigenvalue weighted by molar-refractivity contribution is 0.303. The van der Waals surface area contributed by atoms with Crippen LogP contribution in [0.4, 0.5) is 0 Å². The summed E-state index contributed by atoms with van der Waals surface area (Å²) in [5, 5.41) is 0. The Morgan fingerprint density at radius 3 is 2.79 bits per heavy atom. The third-order valence-corrected chi connectivity index (χ3v) is 5.09. The van der Waals surface area contributed by atoms with E-state index in [9.17, 15) is 0 Å². The summed E-state index contributed by atoms with van der Waals surface area (Å²) >= 11 is 0. The van der Waals surface area contributed by atoms with E-state index >= 15 is 0 Å². The van der Waals surface area contributed by atoms with Gasteiger partial charge >= 0.3 is 0 Å².